The lowest BCUT2D eigenvalue weighted by Gasteiger charge is -2.18. The van der Waals surface area contributed by atoms with Crippen molar-refractivity contribution < 1.29 is 28.6 Å². The van der Waals surface area contributed by atoms with E-state index in [4.69, 9.17) is 14.2 Å². The predicted octanol–water partition coefficient (Wildman–Crippen LogP) is 18.1. The molecule has 0 aromatic rings. The van der Waals surface area contributed by atoms with Gasteiger partial charge in [-0.2, -0.15) is 0 Å². The number of carbonyl (C=O) groups excluding carboxylic acids is 3. The molecule has 0 heterocycles. The zero-order valence-corrected chi connectivity index (χ0v) is 42.9. The van der Waals surface area contributed by atoms with E-state index in [1.165, 1.54) is 96.3 Å². The van der Waals surface area contributed by atoms with Crippen LogP contribution in [0.3, 0.4) is 0 Å². The summed E-state index contributed by atoms with van der Waals surface area (Å²) in [6.07, 6.45) is 71.1. The van der Waals surface area contributed by atoms with E-state index in [9.17, 15) is 14.4 Å². The number of hydrogen-bond acceptors (Lipinski definition) is 6. The third-order valence-corrected chi connectivity index (χ3v) is 11.3. The Morgan fingerprint density at radius 1 is 0.318 bits per heavy atom. The van der Waals surface area contributed by atoms with Gasteiger partial charge in [0.25, 0.3) is 0 Å². The number of unbranched alkanes of at least 4 members (excludes halogenated alkanes) is 21. The van der Waals surface area contributed by atoms with Crippen LogP contribution >= 0.6 is 0 Å². The van der Waals surface area contributed by atoms with Gasteiger partial charge in [-0.15, -0.1) is 0 Å². The second-order valence-electron chi connectivity index (χ2n) is 17.7. The molecular weight excluding hydrogens is 817 g/mol. The number of ether oxygens (including phenoxy) is 3. The second-order valence-corrected chi connectivity index (χ2v) is 17.7. The van der Waals surface area contributed by atoms with Crippen molar-refractivity contribution in [3.63, 3.8) is 0 Å². The molecule has 0 rings (SSSR count). The van der Waals surface area contributed by atoms with Crippen LogP contribution < -0.4 is 0 Å². The lowest BCUT2D eigenvalue weighted by molar-refractivity contribution is -0.167. The minimum absolute atomic E-state index is 0.0965. The Hall–Kier alpha value is -3.67. The monoisotopic (exact) mass is 917 g/mol. The van der Waals surface area contributed by atoms with E-state index in [0.29, 0.717) is 19.3 Å². The largest absolute Gasteiger partial charge is 0.462 e. The van der Waals surface area contributed by atoms with Crippen molar-refractivity contribution in [2.45, 2.75) is 252 Å². The van der Waals surface area contributed by atoms with Crippen molar-refractivity contribution in [2.75, 3.05) is 13.2 Å². The lowest BCUT2D eigenvalue weighted by Crippen LogP contribution is -2.30. The van der Waals surface area contributed by atoms with Crippen molar-refractivity contribution in [3.05, 3.63) is 97.2 Å². The number of carbonyl (C=O) groups is 3. The molecule has 0 saturated carbocycles. The average molecular weight is 917 g/mol. The highest BCUT2D eigenvalue weighted by atomic mass is 16.6. The molecule has 0 bridgehead atoms. The minimum Gasteiger partial charge on any atom is -0.462 e. The van der Waals surface area contributed by atoms with Gasteiger partial charge in [-0.3, -0.25) is 14.4 Å². The smallest absolute Gasteiger partial charge is 0.306 e. The molecule has 0 aromatic carbocycles. The van der Waals surface area contributed by atoms with Crippen molar-refractivity contribution in [1.82, 2.24) is 0 Å². The first-order chi connectivity index (χ1) is 32.5. The zero-order valence-electron chi connectivity index (χ0n) is 42.9. The van der Waals surface area contributed by atoms with Gasteiger partial charge in [0.05, 0.1) is 0 Å². The number of allylic oxidation sites excluding steroid dienone is 16. The Labute approximate surface area is 407 Å². The standard InChI is InChI=1S/C60H100O6/c1-4-7-10-13-16-19-22-25-27-29-30-32-33-35-38-41-44-47-50-53-59(62)65-56-57(55-64-58(61)52-49-46-43-40-37-24-21-18-15-12-9-6-3)66-60(63)54-51-48-45-42-39-36-34-31-28-26-23-20-17-14-11-8-5-2/h7,9-10,12,16-21,25-28,37,40,57H,4-6,8,11,13-15,22-24,29-36,38-39,41-56H2,1-3H3/b10-7-,12-9-,19-16-,20-17-,21-18-,27-25-,28-26-,40-37-. The highest BCUT2D eigenvalue weighted by Gasteiger charge is 2.19. The summed E-state index contributed by atoms with van der Waals surface area (Å²) in [6.45, 7) is 6.34. The van der Waals surface area contributed by atoms with Crippen molar-refractivity contribution in [2.24, 2.45) is 0 Å². The van der Waals surface area contributed by atoms with Crippen LogP contribution in [0, 0.1) is 0 Å². The number of hydrogen-bond donors (Lipinski definition) is 0. The van der Waals surface area contributed by atoms with Crippen LogP contribution in [0.15, 0.2) is 97.2 Å². The Bertz CT molecular complexity index is 1330. The van der Waals surface area contributed by atoms with Crippen LogP contribution in [0.1, 0.15) is 245 Å². The SMILES string of the molecule is CC/C=C\C/C=C\C/C=C\CCCCCCCCCCCC(=O)OCC(COC(=O)CCCC/C=C\C/C=C\C/C=C\CC)OC(=O)CCCCCCCCC/C=C\C/C=C\CCCCC. The van der Waals surface area contributed by atoms with Crippen LogP contribution in [0.2, 0.25) is 0 Å². The van der Waals surface area contributed by atoms with Crippen LogP contribution in [0.5, 0.6) is 0 Å². The summed E-state index contributed by atoms with van der Waals surface area (Å²) in [7, 11) is 0. The molecule has 0 radical (unpaired) electrons. The fourth-order valence-electron chi connectivity index (χ4n) is 7.27. The van der Waals surface area contributed by atoms with Crippen molar-refractivity contribution in [1.29, 1.82) is 0 Å². The summed E-state index contributed by atoms with van der Waals surface area (Å²) in [6, 6.07) is 0. The van der Waals surface area contributed by atoms with E-state index in [-0.39, 0.29) is 31.1 Å². The van der Waals surface area contributed by atoms with E-state index >= 15 is 0 Å². The molecule has 0 amide bonds. The molecule has 0 N–H and O–H groups in total. The summed E-state index contributed by atoms with van der Waals surface area (Å²) in [5.41, 5.74) is 0. The Kier molecular flexibility index (Phi) is 50.9. The highest BCUT2D eigenvalue weighted by molar-refractivity contribution is 5.71. The van der Waals surface area contributed by atoms with Gasteiger partial charge >= 0.3 is 17.9 Å². The third kappa shape index (κ3) is 51.3. The van der Waals surface area contributed by atoms with E-state index < -0.39 is 6.10 Å². The van der Waals surface area contributed by atoms with Gasteiger partial charge in [0.15, 0.2) is 6.10 Å². The topological polar surface area (TPSA) is 78.9 Å². The summed E-state index contributed by atoms with van der Waals surface area (Å²) in [5.74, 6) is -0.951. The predicted molar refractivity (Wildman–Crippen MR) is 284 cm³/mol. The first-order valence-corrected chi connectivity index (χ1v) is 27.2. The first-order valence-electron chi connectivity index (χ1n) is 27.2. The van der Waals surface area contributed by atoms with E-state index in [2.05, 4.69) is 118 Å². The van der Waals surface area contributed by atoms with Gasteiger partial charge in [0.1, 0.15) is 13.2 Å². The lowest BCUT2D eigenvalue weighted by atomic mass is 10.1. The maximum absolute atomic E-state index is 12.8. The van der Waals surface area contributed by atoms with E-state index in [1.54, 1.807) is 0 Å². The van der Waals surface area contributed by atoms with Crippen molar-refractivity contribution >= 4 is 17.9 Å². The first kappa shape index (κ1) is 62.3. The molecule has 0 spiro atoms. The van der Waals surface area contributed by atoms with Gasteiger partial charge in [-0.25, -0.2) is 0 Å². The molecule has 0 fully saturated rings. The molecule has 1 atom stereocenters. The molecule has 0 aromatic heterocycles. The summed E-state index contributed by atoms with van der Waals surface area (Å²) < 4.78 is 16.8. The van der Waals surface area contributed by atoms with E-state index in [1.807, 2.05) is 0 Å². The molecule has 0 aliphatic carbocycles. The molecule has 66 heavy (non-hydrogen) atoms. The molecule has 0 aliphatic heterocycles. The fraction of sp³-hybridized carbons (Fsp3) is 0.683. The normalized spacial score (nSPS) is 12.8. The fourth-order valence-corrected chi connectivity index (χ4v) is 7.27. The van der Waals surface area contributed by atoms with Gasteiger partial charge in [0.2, 0.25) is 0 Å². The van der Waals surface area contributed by atoms with Crippen LogP contribution in [0.4, 0.5) is 0 Å². The molecule has 1 unspecified atom stereocenters. The van der Waals surface area contributed by atoms with Crippen LogP contribution in [-0.4, -0.2) is 37.2 Å². The number of esters is 3. The second kappa shape index (κ2) is 53.9. The Morgan fingerprint density at radius 2 is 0.591 bits per heavy atom. The highest BCUT2D eigenvalue weighted by Crippen LogP contribution is 2.14. The third-order valence-electron chi connectivity index (χ3n) is 11.3. The molecular formula is C60H100O6. The molecule has 0 aliphatic rings. The maximum atomic E-state index is 12.8. The maximum Gasteiger partial charge on any atom is 0.306 e. The van der Waals surface area contributed by atoms with Gasteiger partial charge in [0, 0.05) is 19.3 Å². The summed E-state index contributed by atoms with van der Waals surface area (Å²) in [4.78, 5) is 38.1. The van der Waals surface area contributed by atoms with Gasteiger partial charge in [-0.1, -0.05) is 208 Å². The molecule has 0 saturated heterocycles. The summed E-state index contributed by atoms with van der Waals surface area (Å²) in [5, 5.41) is 0. The quantitative estimate of drug-likeness (QED) is 0.0262. The molecule has 376 valence electrons. The molecule has 6 heteroatoms. The zero-order chi connectivity index (χ0) is 47.9. The van der Waals surface area contributed by atoms with E-state index in [0.717, 1.165) is 109 Å². The molecule has 6 nitrogen and oxygen atoms in total. The average Bonchev–Trinajstić information content (AvgIpc) is 3.31. The van der Waals surface area contributed by atoms with Gasteiger partial charge < -0.3 is 14.2 Å². The minimum atomic E-state index is -0.800. The van der Waals surface area contributed by atoms with Crippen LogP contribution in [0.25, 0.3) is 0 Å². The Balaban J connectivity index is 4.41. The Morgan fingerprint density at radius 3 is 0.955 bits per heavy atom. The van der Waals surface area contributed by atoms with Gasteiger partial charge in [-0.05, 0) is 116 Å². The number of rotatable bonds is 48. The summed E-state index contributed by atoms with van der Waals surface area (Å²) >= 11 is 0. The van der Waals surface area contributed by atoms with Crippen LogP contribution in [-0.2, 0) is 28.6 Å². The van der Waals surface area contributed by atoms with Crippen molar-refractivity contribution in [3.8, 4) is 0 Å².